The first-order valence-electron chi connectivity index (χ1n) is 7.61. The Morgan fingerprint density at radius 2 is 1.90 bits per heavy atom. The predicted molar refractivity (Wildman–Crippen MR) is 82.0 cm³/mol. The largest absolute Gasteiger partial charge is 0.409 e. The van der Waals surface area contributed by atoms with Crippen LogP contribution in [0.5, 0.6) is 0 Å². The highest BCUT2D eigenvalue weighted by atomic mass is 32.2. The molecule has 0 bridgehead atoms. The zero-order valence-corrected chi connectivity index (χ0v) is 12.7. The summed E-state index contributed by atoms with van der Waals surface area (Å²) in [6.45, 7) is 0. The van der Waals surface area contributed by atoms with Crippen LogP contribution in [0.3, 0.4) is 0 Å². The maximum absolute atomic E-state index is 12.3. The van der Waals surface area contributed by atoms with Crippen molar-refractivity contribution >= 4 is 23.5 Å². The van der Waals surface area contributed by atoms with Crippen LogP contribution < -0.4 is 11.1 Å². The molecule has 0 radical (unpaired) electrons. The summed E-state index contributed by atoms with van der Waals surface area (Å²) in [5.41, 5.74) is 5.80. The van der Waals surface area contributed by atoms with Crippen LogP contribution in [0.15, 0.2) is 5.16 Å². The number of amides is 1. The van der Waals surface area contributed by atoms with Crippen LogP contribution in [0, 0.1) is 5.92 Å². The molecule has 1 aliphatic carbocycles. The van der Waals surface area contributed by atoms with Crippen LogP contribution in [0.1, 0.15) is 51.4 Å². The quantitative estimate of drug-likeness (QED) is 0.321. The Hall–Kier alpha value is -0.910. The molecule has 20 heavy (non-hydrogen) atoms. The molecule has 0 aromatic heterocycles. The average Bonchev–Trinajstić information content (AvgIpc) is 2.53. The summed E-state index contributed by atoms with van der Waals surface area (Å²) in [5.74, 6) is 1.55. The number of nitrogens with one attached hydrogen (secondary N) is 1. The topological polar surface area (TPSA) is 87.7 Å². The molecule has 5 nitrogen and oxygen atoms in total. The minimum atomic E-state index is -0.310. The fourth-order valence-corrected chi connectivity index (χ4v) is 4.36. The van der Waals surface area contributed by atoms with Gasteiger partial charge in [-0.3, -0.25) is 4.79 Å². The van der Waals surface area contributed by atoms with Crippen molar-refractivity contribution in [3.05, 3.63) is 0 Å². The SMILES string of the molecule is NC(=NO)C(NC(=O)C1CCCCS1)C1CCCCC1. The van der Waals surface area contributed by atoms with E-state index in [-0.39, 0.29) is 23.0 Å². The van der Waals surface area contributed by atoms with Gasteiger partial charge in [0.25, 0.3) is 0 Å². The molecule has 2 rings (SSSR count). The predicted octanol–water partition coefficient (Wildman–Crippen LogP) is 2.08. The molecular formula is C14H25N3O2S. The summed E-state index contributed by atoms with van der Waals surface area (Å²) in [6, 6.07) is -0.310. The van der Waals surface area contributed by atoms with Gasteiger partial charge in [-0.1, -0.05) is 30.8 Å². The normalized spacial score (nSPS) is 27.0. The van der Waals surface area contributed by atoms with Crippen LogP contribution >= 0.6 is 11.8 Å². The Morgan fingerprint density at radius 1 is 1.20 bits per heavy atom. The molecule has 1 saturated heterocycles. The van der Waals surface area contributed by atoms with Crippen molar-refractivity contribution < 1.29 is 10.0 Å². The molecule has 0 aromatic carbocycles. The van der Waals surface area contributed by atoms with Gasteiger partial charge in [-0.15, -0.1) is 11.8 Å². The maximum atomic E-state index is 12.3. The summed E-state index contributed by atoms with van der Waals surface area (Å²) in [7, 11) is 0. The molecule has 1 heterocycles. The number of hydrogen-bond acceptors (Lipinski definition) is 4. The molecule has 1 saturated carbocycles. The Morgan fingerprint density at radius 3 is 2.50 bits per heavy atom. The number of rotatable bonds is 4. The number of amidine groups is 1. The first kappa shape index (κ1) is 15.5. The van der Waals surface area contributed by atoms with Gasteiger partial charge in [-0.05, 0) is 37.4 Å². The second-order valence-electron chi connectivity index (χ2n) is 5.76. The number of nitrogens with zero attached hydrogens (tertiary/aromatic N) is 1. The van der Waals surface area contributed by atoms with Gasteiger partial charge in [0.2, 0.25) is 5.91 Å². The molecule has 2 aliphatic rings. The average molecular weight is 299 g/mol. The van der Waals surface area contributed by atoms with Crippen LogP contribution in [0.2, 0.25) is 0 Å². The maximum Gasteiger partial charge on any atom is 0.233 e. The van der Waals surface area contributed by atoms with E-state index in [1.165, 1.54) is 12.8 Å². The van der Waals surface area contributed by atoms with Gasteiger partial charge in [0.05, 0.1) is 11.3 Å². The third-order valence-corrected chi connectivity index (χ3v) is 5.70. The first-order valence-corrected chi connectivity index (χ1v) is 8.66. The summed E-state index contributed by atoms with van der Waals surface area (Å²) in [4.78, 5) is 12.3. The van der Waals surface area contributed by atoms with E-state index in [1.54, 1.807) is 11.8 Å². The molecule has 2 atom stereocenters. The Balaban J connectivity index is 1.97. The van der Waals surface area contributed by atoms with Gasteiger partial charge in [-0.2, -0.15) is 0 Å². The monoisotopic (exact) mass is 299 g/mol. The number of thioether (sulfide) groups is 1. The molecule has 1 aliphatic heterocycles. The van der Waals surface area contributed by atoms with E-state index in [2.05, 4.69) is 10.5 Å². The number of hydrogen-bond donors (Lipinski definition) is 3. The van der Waals surface area contributed by atoms with Crippen LogP contribution in [-0.2, 0) is 4.79 Å². The standard InChI is InChI=1S/C14H25N3O2S/c15-13(17-19)12(10-6-2-1-3-7-10)16-14(18)11-8-4-5-9-20-11/h10-12,19H,1-9H2,(H2,15,17)(H,16,18). The molecule has 1 amide bonds. The van der Waals surface area contributed by atoms with Gasteiger partial charge in [0.1, 0.15) is 0 Å². The van der Waals surface area contributed by atoms with Crippen molar-refractivity contribution in [2.45, 2.75) is 62.7 Å². The fraction of sp³-hybridized carbons (Fsp3) is 0.857. The lowest BCUT2D eigenvalue weighted by atomic mass is 9.83. The fourth-order valence-electron chi connectivity index (χ4n) is 3.16. The molecular weight excluding hydrogens is 274 g/mol. The van der Waals surface area contributed by atoms with E-state index in [4.69, 9.17) is 10.9 Å². The van der Waals surface area contributed by atoms with Crippen LogP contribution in [-0.4, -0.2) is 34.0 Å². The van der Waals surface area contributed by atoms with Gasteiger partial charge in [0, 0.05) is 0 Å². The number of oxime groups is 1. The van der Waals surface area contributed by atoms with Crippen molar-refractivity contribution in [3.8, 4) is 0 Å². The van der Waals surface area contributed by atoms with E-state index < -0.39 is 0 Å². The van der Waals surface area contributed by atoms with Gasteiger partial charge in [-0.25, -0.2) is 0 Å². The summed E-state index contributed by atoms with van der Waals surface area (Å²) < 4.78 is 0. The van der Waals surface area contributed by atoms with E-state index in [9.17, 15) is 4.79 Å². The summed E-state index contributed by atoms with van der Waals surface area (Å²) in [5, 5.41) is 15.2. The van der Waals surface area contributed by atoms with Crippen molar-refractivity contribution in [2.24, 2.45) is 16.8 Å². The number of carbonyl (C=O) groups is 1. The highest BCUT2D eigenvalue weighted by Crippen LogP contribution is 2.28. The Bertz CT molecular complexity index is 350. The van der Waals surface area contributed by atoms with Crippen LogP contribution in [0.4, 0.5) is 0 Å². The second kappa shape index (κ2) is 7.76. The van der Waals surface area contributed by atoms with Crippen molar-refractivity contribution in [1.82, 2.24) is 5.32 Å². The van der Waals surface area contributed by atoms with Crippen molar-refractivity contribution in [1.29, 1.82) is 0 Å². The minimum Gasteiger partial charge on any atom is -0.409 e. The molecule has 114 valence electrons. The van der Waals surface area contributed by atoms with Gasteiger partial charge >= 0.3 is 0 Å². The minimum absolute atomic E-state index is 0.0290. The third-order valence-electron chi connectivity index (χ3n) is 4.33. The molecule has 0 spiro atoms. The summed E-state index contributed by atoms with van der Waals surface area (Å²) in [6.07, 6.45) is 8.89. The molecule has 2 unspecified atom stereocenters. The molecule has 0 aromatic rings. The van der Waals surface area contributed by atoms with E-state index in [0.29, 0.717) is 5.92 Å². The zero-order valence-electron chi connectivity index (χ0n) is 11.9. The smallest absolute Gasteiger partial charge is 0.233 e. The lowest BCUT2D eigenvalue weighted by molar-refractivity contribution is -0.121. The highest BCUT2D eigenvalue weighted by Gasteiger charge is 2.31. The summed E-state index contributed by atoms with van der Waals surface area (Å²) >= 11 is 1.72. The van der Waals surface area contributed by atoms with Gasteiger partial charge < -0.3 is 16.3 Å². The van der Waals surface area contributed by atoms with Gasteiger partial charge in [0.15, 0.2) is 5.84 Å². The van der Waals surface area contributed by atoms with Crippen molar-refractivity contribution in [2.75, 3.05) is 5.75 Å². The van der Waals surface area contributed by atoms with E-state index in [1.807, 2.05) is 0 Å². The van der Waals surface area contributed by atoms with Crippen molar-refractivity contribution in [3.63, 3.8) is 0 Å². The Kier molecular flexibility index (Phi) is 6.01. The Labute approximate surface area is 124 Å². The molecule has 2 fully saturated rings. The lowest BCUT2D eigenvalue weighted by Gasteiger charge is -2.31. The third kappa shape index (κ3) is 4.04. The van der Waals surface area contributed by atoms with E-state index in [0.717, 1.165) is 44.3 Å². The first-order chi connectivity index (χ1) is 9.72. The van der Waals surface area contributed by atoms with E-state index >= 15 is 0 Å². The number of nitrogens with two attached hydrogens (primary N) is 1. The molecule has 6 heteroatoms. The molecule has 4 N–H and O–H groups in total. The lowest BCUT2D eigenvalue weighted by Crippen LogP contribution is -2.52. The zero-order chi connectivity index (χ0) is 14.4. The highest BCUT2D eigenvalue weighted by molar-refractivity contribution is 8.00. The number of carbonyl (C=O) groups excluding carboxylic acids is 1. The van der Waals surface area contributed by atoms with Crippen LogP contribution in [0.25, 0.3) is 0 Å². The second-order valence-corrected chi connectivity index (χ2v) is 7.08.